The third-order valence-electron chi connectivity index (χ3n) is 3.06. The van der Waals surface area contributed by atoms with Gasteiger partial charge in [-0.15, -0.1) is 0 Å². The zero-order valence-corrected chi connectivity index (χ0v) is 11.3. The van der Waals surface area contributed by atoms with Gasteiger partial charge < -0.3 is 10.1 Å². The van der Waals surface area contributed by atoms with Gasteiger partial charge in [0, 0.05) is 0 Å². The number of para-hydroxylation sites is 1. The van der Waals surface area contributed by atoms with Gasteiger partial charge in [0.25, 0.3) is 0 Å². The van der Waals surface area contributed by atoms with Gasteiger partial charge in [-0.05, 0) is 50.4 Å². The molecule has 0 spiro atoms. The van der Waals surface area contributed by atoms with Crippen LogP contribution in [0, 0.1) is 5.41 Å². The number of nitrogens with one attached hydrogen (secondary N) is 1. The summed E-state index contributed by atoms with van der Waals surface area (Å²) in [7, 11) is 2.01. The second-order valence-electron chi connectivity index (χ2n) is 5.28. The maximum Gasteiger partial charge on any atom is 0.119 e. The van der Waals surface area contributed by atoms with E-state index in [4.69, 9.17) is 4.74 Å². The molecule has 0 atom stereocenters. The summed E-state index contributed by atoms with van der Waals surface area (Å²) in [6, 6.07) is 10.0. The number of rotatable bonds is 8. The Labute approximate surface area is 105 Å². The summed E-state index contributed by atoms with van der Waals surface area (Å²) in [5.41, 5.74) is 0.406. The van der Waals surface area contributed by atoms with Crippen molar-refractivity contribution in [2.24, 2.45) is 5.41 Å². The van der Waals surface area contributed by atoms with Crippen LogP contribution in [-0.2, 0) is 0 Å². The predicted octanol–water partition coefficient (Wildman–Crippen LogP) is 3.48. The van der Waals surface area contributed by atoms with E-state index in [2.05, 4.69) is 19.2 Å². The number of hydrogen-bond donors (Lipinski definition) is 1. The fourth-order valence-electron chi connectivity index (χ4n) is 1.85. The van der Waals surface area contributed by atoms with Crippen molar-refractivity contribution in [3.63, 3.8) is 0 Å². The fraction of sp³-hybridized carbons (Fsp3) is 0.600. The summed E-state index contributed by atoms with van der Waals surface area (Å²) in [5.74, 6) is 0.973. The topological polar surface area (TPSA) is 21.3 Å². The third-order valence-corrected chi connectivity index (χ3v) is 3.06. The molecule has 0 fully saturated rings. The van der Waals surface area contributed by atoms with Crippen LogP contribution in [0.1, 0.15) is 33.1 Å². The van der Waals surface area contributed by atoms with E-state index >= 15 is 0 Å². The number of benzene rings is 1. The standard InChI is InChI=1S/C15H25NO/c1-15(2,11-12-16-3)10-7-13-17-14-8-5-4-6-9-14/h4-6,8-9,16H,7,10-13H2,1-3H3. The Hall–Kier alpha value is -1.02. The van der Waals surface area contributed by atoms with E-state index in [0.29, 0.717) is 5.41 Å². The van der Waals surface area contributed by atoms with Crippen molar-refractivity contribution in [1.29, 1.82) is 0 Å². The first kappa shape index (κ1) is 14.0. The summed E-state index contributed by atoms with van der Waals surface area (Å²) < 4.78 is 5.69. The molecule has 1 aromatic rings. The minimum Gasteiger partial charge on any atom is -0.494 e. The first-order chi connectivity index (χ1) is 8.14. The van der Waals surface area contributed by atoms with Crippen LogP contribution in [0.4, 0.5) is 0 Å². The third kappa shape index (κ3) is 6.32. The molecule has 1 rings (SSSR count). The van der Waals surface area contributed by atoms with Crippen LogP contribution >= 0.6 is 0 Å². The van der Waals surface area contributed by atoms with Gasteiger partial charge in [-0.2, -0.15) is 0 Å². The van der Waals surface area contributed by atoms with Crippen LogP contribution in [0.3, 0.4) is 0 Å². The van der Waals surface area contributed by atoms with Gasteiger partial charge in [-0.1, -0.05) is 32.0 Å². The van der Waals surface area contributed by atoms with Gasteiger partial charge in [0.1, 0.15) is 5.75 Å². The lowest BCUT2D eigenvalue weighted by Gasteiger charge is -2.24. The molecule has 1 aromatic carbocycles. The molecule has 0 aromatic heterocycles. The summed E-state index contributed by atoms with van der Waals surface area (Å²) in [5, 5.41) is 3.21. The molecule has 96 valence electrons. The van der Waals surface area contributed by atoms with Crippen molar-refractivity contribution in [2.45, 2.75) is 33.1 Å². The lowest BCUT2D eigenvalue weighted by atomic mass is 9.84. The van der Waals surface area contributed by atoms with Gasteiger partial charge in [-0.3, -0.25) is 0 Å². The monoisotopic (exact) mass is 235 g/mol. The number of ether oxygens (including phenoxy) is 1. The first-order valence-corrected chi connectivity index (χ1v) is 6.46. The fourth-order valence-corrected chi connectivity index (χ4v) is 1.85. The van der Waals surface area contributed by atoms with Crippen LogP contribution in [0.15, 0.2) is 30.3 Å². The molecule has 0 bridgehead atoms. The molecule has 2 nitrogen and oxygen atoms in total. The van der Waals surface area contributed by atoms with Crippen molar-refractivity contribution in [2.75, 3.05) is 20.2 Å². The highest BCUT2D eigenvalue weighted by Crippen LogP contribution is 2.26. The first-order valence-electron chi connectivity index (χ1n) is 6.46. The van der Waals surface area contributed by atoms with Gasteiger partial charge in [-0.25, -0.2) is 0 Å². The zero-order chi connectivity index (χ0) is 12.6. The second-order valence-corrected chi connectivity index (χ2v) is 5.28. The Balaban J connectivity index is 2.15. The number of hydrogen-bond acceptors (Lipinski definition) is 2. The Morgan fingerprint density at radius 3 is 2.47 bits per heavy atom. The molecule has 1 N–H and O–H groups in total. The normalized spacial score (nSPS) is 11.5. The van der Waals surface area contributed by atoms with Crippen LogP contribution in [0.2, 0.25) is 0 Å². The van der Waals surface area contributed by atoms with E-state index < -0.39 is 0 Å². The Morgan fingerprint density at radius 1 is 1.12 bits per heavy atom. The highest BCUT2D eigenvalue weighted by molar-refractivity contribution is 5.20. The second kappa shape index (κ2) is 7.33. The van der Waals surface area contributed by atoms with Crippen molar-refractivity contribution < 1.29 is 4.74 Å². The van der Waals surface area contributed by atoms with E-state index in [1.807, 2.05) is 37.4 Å². The highest BCUT2D eigenvalue weighted by Gasteiger charge is 2.16. The molecule has 0 aliphatic rings. The molecule has 0 unspecified atom stereocenters. The Bertz CT molecular complexity index is 295. The van der Waals surface area contributed by atoms with E-state index in [0.717, 1.165) is 25.3 Å². The zero-order valence-electron chi connectivity index (χ0n) is 11.3. The molecule has 0 radical (unpaired) electrons. The minimum atomic E-state index is 0.406. The van der Waals surface area contributed by atoms with Crippen LogP contribution in [0.25, 0.3) is 0 Å². The lowest BCUT2D eigenvalue weighted by Crippen LogP contribution is -2.20. The maximum absolute atomic E-state index is 5.69. The van der Waals surface area contributed by atoms with Crippen molar-refractivity contribution in [3.8, 4) is 5.75 Å². The quantitative estimate of drug-likeness (QED) is 0.696. The van der Waals surface area contributed by atoms with Gasteiger partial charge in [0.2, 0.25) is 0 Å². The van der Waals surface area contributed by atoms with Crippen molar-refractivity contribution >= 4 is 0 Å². The van der Waals surface area contributed by atoms with Crippen LogP contribution in [-0.4, -0.2) is 20.2 Å². The van der Waals surface area contributed by atoms with Gasteiger partial charge in [0.05, 0.1) is 6.61 Å². The molecular weight excluding hydrogens is 210 g/mol. The van der Waals surface area contributed by atoms with Crippen molar-refractivity contribution in [1.82, 2.24) is 5.32 Å². The summed E-state index contributed by atoms with van der Waals surface area (Å²) in [4.78, 5) is 0. The Morgan fingerprint density at radius 2 is 1.82 bits per heavy atom. The van der Waals surface area contributed by atoms with E-state index in [1.165, 1.54) is 12.8 Å². The SMILES string of the molecule is CNCCC(C)(C)CCCOc1ccccc1. The van der Waals surface area contributed by atoms with Gasteiger partial charge in [0.15, 0.2) is 0 Å². The molecule has 0 aliphatic heterocycles. The van der Waals surface area contributed by atoms with Crippen LogP contribution < -0.4 is 10.1 Å². The highest BCUT2D eigenvalue weighted by atomic mass is 16.5. The molecule has 0 amide bonds. The molecule has 0 saturated heterocycles. The lowest BCUT2D eigenvalue weighted by molar-refractivity contribution is 0.245. The van der Waals surface area contributed by atoms with Crippen LogP contribution in [0.5, 0.6) is 5.75 Å². The maximum atomic E-state index is 5.69. The molecule has 0 heterocycles. The molecule has 0 aliphatic carbocycles. The molecular formula is C15H25NO. The van der Waals surface area contributed by atoms with Gasteiger partial charge >= 0.3 is 0 Å². The predicted molar refractivity (Wildman–Crippen MR) is 73.5 cm³/mol. The largest absolute Gasteiger partial charge is 0.494 e. The van der Waals surface area contributed by atoms with Crippen molar-refractivity contribution in [3.05, 3.63) is 30.3 Å². The van der Waals surface area contributed by atoms with E-state index in [9.17, 15) is 0 Å². The smallest absolute Gasteiger partial charge is 0.119 e. The molecule has 2 heteroatoms. The van der Waals surface area contributed by atoms with E-state index in [1.54, 1.807) is 0 Å². The summed E-state index contributed by atoms with van der Waals surface area (Å²) >= 11 is 0. The minimum absolute atomic E-state index is 0.406. The van der Waals surface area contributed by atoms with E-state index in [-0.39, 0.29) is 0 Å². The molecule has 0 saturated carbocycles. The average Bonchev–Trinajstić information content (AvgIpc) is 2.34. The molecule has 17 heavy (non-hydrogen) atoms. The average molecular weight is 235 g/mol. The summed E-state index contributed by atoms with van der Waals surface area (Å²) in [6.07, 6.45) is 3.54. The Kier molecular flexibility index (Phi) is 6.06. The summed E-state index contributed by atoms with van der Waals surface area (Å²) in [6.45, 7) is 6.55.